The van der Waals surface area contributed by atoms with Crippen LogP contribution >= 0.6 is 22.6 Å². The molecule has 8 nitrogen and oxygen atoms in total. The Morgan fingerprint density at radius 2 is 1.97 bits per heavy atom. The van der Waals surface area contributed by atoms with Crippen LogP contribution in [0, 0.1) is 0 Å². The summed E-state index contributed by atoms with van der Waals surface area (Å²) < 4.78 is 5.82. The van der Waals surface area contributed by atoms with E-state index >= 15 is 0 Å². The van der Waals surface area contributed by atoms with Gasteiger partial charge < -0.3 is 20.3 Å². The molecule has 2 atom stereocenters. The zero-order valence-corrected chi connectivity index (χ0v) is 22.6. The smallest absolute Gasteiger partial charge is 0.320 e. The molecule has 1 aromatic heterocycles. The largest absolute Gasteiger partial charge is 0.377 e. The average Bonchev–Trinajstić information content (AvgIpc) is 2.82. The number of nitrogens with zero attached hydrogens (tertiary/aromatic N) is 4. The standard InChI is InChI=1S/C25H35IN6O2/c1-5-20-15-34-13-12-32(20)24-21-10-11-31(16(2)3)14-22(21)29-23(30-24)18-6-8-19(9-7-18)28-25(33)27-17(4)26/h6-9,16-17,20H,5,10-15H2,1-4H3,(H2,27,28,33). The van der Waals surface area contributed by atoms with Crippen LogP contribution in [0.3, 0.4) is 0 Å². The molecule has 0 aliphatic carbocycles. The SMILES string of the molecule is CCC1COCCN1c1nc(-c2ccc(NC(=O)NC(C)I)cc2)nc2c1CCN(C(C)C)C2. The Bertz CT molecular complexity index is 998. The van der Waals surface area contributed by atoms with E-state index in [-0.39, 0.29) is 10.1 Å². The summed E-state index contributed by atoms with van der Waals surface area (Å²) in [6.45, 7) is 12.8. The van der Waals surface area contributed by atoms with Crippen LogP contribution in [0.4, 0.5) is 16.3 Å². The first-order valence-electron chi connectivity index (χ1n) is 12.2. The van der Waals surface area contributed by atoms with Gasteiger partial charge in [-0.1, -0.05) is 29.5 Å². The molecule has 2 aromatic rings. The maximum absolute atomic E-state index is 12.0. The van der Waals surface area contributed by atoms with Crippen molar-refractivity contribution in [3.05, 3.63) is 35.5 Å². The van der Waals surface area contributed by atoms with Crippen molar-refractivity contribution >= 4 is 40.1 Å². The number of rotatable bonds is 6. The first-order valence-corrected chi connectivity index (χ1v) is 13.4. The van der Waals surface area contributed by atoms with Gasteiger partial charge in [-0.2, -0.15) is 0 Å². The first kappa shape index (κ1) is 25.1. The van der Waals surface area contributed by atoms with Crippen molar-refractivity contribution in [2.75, 3.05) is 36.5 Å². The van der Waals surface area contributed by atoms with E-state index in [9.17, 15) is 4.79 Å². The van der Waals surface area contributed by atoms with Gasteiger partial charge in [-0.3, -0.25) is 4.90 Å². The summed E-state index contributed by atoms with van der Waals surface area (Å²) in [7, 11) is 0. The Morgan fingerprint density at radius 1 is 1.21 bits per heavy atom. The lowest BCUT2D eigenvalue weighted by atomic mass is 10.0. The summed E-state index contributed by atoms with van der Waals surface area (Å²) in [5, 5.41) is 5.70. The molecule has 1 saturated heterocycles. The lowest BCUT2D eigenvalue weighted by Gasteiger charge is -2.39. The number of halogens is 1. The van der Waals surface area contributed by atoms with Gasteiger partial charge in [0.1, 0.15) is 5.82 Å². The predicted octanol–water partition coefficient (Wildman–Crippen LogP) is 4.43. The summed E-state index contributed by atoms with van der Waals surface area (Å²) in [4.78, 5) is 27.1. The van der Waals surface area contributed by atoms with Crippen molar-refractivity contribution in [2.24, 2.45) is 0 Å². The number of nitrogens with one attached hydrogen (secondary N) is 2. The number of urea groups is 1. The maximum Gasteiger partial charge on any atom is 0.320 e. The van der Waals surface area contributed by atoms with Gasteiger partial charge in [0, 0.05) is 42.5 Å². The van der Waals surface area contributed by atoms with Gasteiger partial charge in [-0.15, -0.1) is 0 Å². The van der Waals surface area contributed by atoms with Crippen molar-refractivity contribution in [2.45, 2.75) is 63.2 Å². The predicted molar refractivity (Wildman–Crippen MR) is 145 cm³/mol. The Hall–Kier alpha value is -1.98. The van der Waals surface area contributed by atoms with Crippen LogP contribution in [-0.2, 0) is 17.7 Å². The Kier molecular flexibility index (Phi) is 8.26. The number of hydrogen-bond acceptors (Lipinski definition) is 6. The van der Waals surface area contributed by atoms with Crippen molar-refractivity contribution in [1.29, 1.82) is 0 Å². The monoisotopic (exact) mass is 578 g/mol. The van der Waals surface area contributed by atoms with Crippen molar-refractivity contribution in [3.63, 3.8) is 0 Å². The zero-order valence-electron chi connectivity index (χ0n) is 20.5. The number of aromatic nitrogens is 2. The molecule has 0 spiro atoms. The zero-order chi connectivity index (χ0) is 24.2. The fourth-order valence-corrected chi connectivity index (χ4v) is 4.84. The number of fused-ring (bicyclic) bond motifs is 1. The number of alkyl halides is 1. The molecule has 3 heterocycles. The minimum Gasteiger partial charge on any atom is -0.377 e. The molecule has 4 rings (SSSR count). The normalized spacial score (nSPS) is 19.6. The number of benzene rings is 1. The highest BCUT2D eigenvalue weighted by molar-refractivity contribution is 14.1. The summed E-state index contributed by atoms with van der Waals surface area (Å²) in [5.41, 5.74) is 4.09. The first-order chi connectivity index (χ1) is 16.4. The molecule has 9 heteroatoms. The molecule has 0 radical (unpaired) electrons. The second-order valence-electron chi connectivity index (χ2n) is 9.23. The van der Waals surface area contributed by atoms with E-state index < -0.39 is 0 Å². The lowest BCUT2D eigenvalue weighted by Crippen LogP contribution is -2.47. The van der Waals surface area contributed by atoms with Gasteiger partial charge in [0.05, 0.1) is 29.0 Å². The van der Waals surface area contributed by atoms with Gasteiger partial charge >= 0.3 is 6.03 Å². The highest BCUT2D eigenvalue weighted by atomic mass is 127. The number of amides is 2. The Morgan fingerprint density at radius 3 is 2.65 bits per heavy atom. The van der Waals surface area contributed by atoms with Gasteiger partial charge in [0.25, 0.3) is 0 Å². The number of anilines is 2. The molecular formula is C25H35IN6O2. The van der Waals surface area contributed by atoms with Crippen LogP contribution < -0.4 is 15.5 Å². The van der Waals surface area contributed by atoms with Crippen LogP contribution in [0.25, 0.3) is 11.4 Å². The third kappa shape index (κ3) is 5.80. The second-order valence-corrected chi connectivity index (χ2v) is 11.1. The average molecular weight is 578 g/mol. The van der Waals surface area contributed by atoms with E-state index in [4.69, 9.17) is 14.7 Å². The summed E-state index contributed by atoms with van der Waals surface area (Å²) in [5.74, 6) is 1.80. The van der Waals surface area contributed by atoms with Crippen molar-refractivity contribution in [3.8, 4) is 11.4 Å². The summed E-state index contributed by atoms with van der Waals surface area (Å²) >= 11 is 2.16. The Labute approximate surface area is 216 Å². The number of ether oxygens (including phenoxy) is 1. The third-order valence-corrected chi connectivity index (χ3v) is 6.82. The molecule has 2 amide bonds. The van der Waals surface area contributed by atoms with Crippen LogP contribution in [-0.4, -0.2) is 63.3 Å². The highest BCUT2D eigenvalue weighted by Gasteiger charge is 2.30. The molecule has 1 aromatic carbocycles. The van der Waals surface area contributed by atoms with Crippen LogP contribution in [0.15, 0.2) is 24.3 Å². The van der Waals surface area contributed by atoms with Gasteiger partial charge in [0.2, 0.25) is 0 Å². The molecular weight excluding hydrogens is 543 g/mol. The molecule has 2 unspecified atom stereocenters. The van der Waals surface area contributed by atoms with E-state index in [1.807, 2.05) is 31.2 Å². The molecule has 1 fully saturated rings. The highest BCUT2D eigenvalue weighted by Crippen LogP contribution is 2.32. The number of carbonyl (C=O) groups excluding carboxylic acids is 1. The van der Waals surface area contributed by atoms with Crippen LogP contribution in [0.2, 0.25) is 0 Å². The fraction of sp³-hybridized carbons (Fsp3) is 0.560. The van der Waals surface area contributed by atoms with E-state index in [1.165, 1.54) is 5.56 Å². The quantitative estimate of drug-likeness (QED) is 0.300. The number of hydrogen-bond donors (Lipinski definition) is 2. The molecule has 0 saturated carbocycles. The number of carbonyl (C=O) groups is 1. The summed E-state index contributed by atoms with van der Waals surface area (Å²) in [6, 6.07) is 8.35. The fourth-order valence-electron chi connectivity index (χ4n) is 4.56. The van der Waals surface area contributed by atoms with E-state index in [1.54, 1.807) is 0 Å². The third-order valence-electron chi connectivity index (χ3n) is 6.50. The van der Waals surface area contributed by atoms with Gasteiger partial charge in [0.15, 0.2) is 5.82 Å². The molecule has 184 valence electrons. The molecule has 2 aliphatic rings. The minimum absolute atomic E-state index is 0.0525. The minimum atomic E-state index is -0.214. The van der Waals surface area contributed by atoms with Crippen molar-refractivity contribution in [1.82, 2.24) is 20.2 Å². The lowest BCUT2D eigenvalue weighted by molar-refractivity contribution is 0.0923. The van der Waals surface area contributed by atoms with Crippen molar-refractivity contribution < 1.29 is 9.53 Å². The number of morpholine rings is 1. The molecule has 2 N–H and O–H groups in total. The molecule has 2 aliphatic heterocycles. The van der Waals surface area contributed by atoms with Gasteiger partial charge in [-0.25, -0.2) is 14.8 Å². The molecule has 34 heavy (non-hydrogen) atoms. The maximum atomic E-state index is 12.0. The topological polar surface area (TPSA) is 82.6 Å². The van der Waals surface area contributed by atoms with Gasteiger partial charge in [-0.05, 0) is 57.9 Å². The second kappa shape index (κ2) is 11.2. The van der Waals surface area contributed by atoms with E-state index in [0.29, 0.717) is 12.1 Å². The summed E-state index contributed by atoms with van der Waals surface area (Å²) in [6.07, 6.45) is 1.98. The van der Waals surface area contributed by atoms with E-state index in [2.05, 4.69) is 63.8 Å². The van der Waals surface area contributed by atoms with Crippen LogP contribution in [0.1, 0.15) is 45.4 Å². The Balaban J connectivity index is 1.67. The van der Waals surface area contributed by atoms with Crippen LogP contribution in [0.5, 0.6) is 0 Å². The van der Waals surface area contributed by atoms with E-state index in [0.717, 1.165) is 74.3 Å². The molecule has 0 bridgehead atoms.